The first kappa shape index (κ1) is 16.5. The molecule has 0 N–H and O–H groups in total. The van der Waals surface area contributed by atoms with Crippen LogP contribution in [0.3, 0.4) is 0 Å². The third-order valence-corrected chi connectivity index (χ3v) is 4.09. The van der Waals surface area contributed by atoms with E-state index in [1.807, 2.05) is 61.7 Å². The van der Waals surface area contributed by atoms with Gasteiger partial charge >= 0.3 is 0 Å². The molecule has 1 aliphatic heterocycles. The molecule has 128 valence electrons. The van der Waals surface area contributed by atoms with Crippen molar-refractivity contribution in [2.75, 3.05) is 13.2 Å². The summed E-state index contributed by atoms with van der Waals surface area (Å²) in [5, 5.41) is 0. The number of hydrogen-bond donors (Lipinski definition) is 0. The highest BCUT2D eigenvalue weighted by Gasteiger charge is 2.17. The normalized spacial score (nSPS) is 14.0. The van der Waals surface area contributed by atoms with Crippen LogP contribution in [0.5, 0.6) is 0 Å². The van der Waals surface area contributed by atoms with Crippen molar-refractivity contribution in [3.05, 3.63) is 83.2 Å². The van der Waals surface area contributed by atoms with E-state index in [0.717, 1.165) is 33.6 Å². The Morgan fingerprint density at radius 2 is 1.38 bits per heavy atom. The van der Waals surface area contributed by atoms with E-state index in [1.165, 1.54) is 0 Å². The number of benzene rings is 1. The van der Waals surface area contributed by atoms with Crippen LogP contribution in [0, 0.1) is 18.8 Å². The van der Waals surface area contributed by atoms with E-state index in [2.05, 4.69) is 21.8 Å². The molecule has 4 rings (SSSR count). The highest BCUT2D eigenvalue weighted by molar-refractivity contribution is 5.55. The Kier molecular flexibility index (Phi) is 4.74. The maximum Gasteiger partial charge on any atom is 0.184 e. The zero-order chi connectivity index (χ0) is 17.8. The molecular formula is C22H18N2O2. The summed E-state index contributed by atoms with van der Waals surface area (Å²) in [4.78, 5) is 8.85. The first-order chi connectivity index (χ1) is 12.8. The predicted molar refractivity (Wildman–Crippen MR) is 99.3 cm³/mol. The van der Waals surface area contributed by atoms with Crippen molar-refractivity contribution in [1.29, 1.82) is 0 Å². The summed E-state index contributed by atoms with van der Waals surface area (Å²) in [7, 11) is 0. The zero-order valence-corrected chi connectivity index (χ0v) is 14.5. The predicted octanol–water partition coefficient (Wildman–Crippen LogP) is 3.90. The molecule has 0 aliphatic carbocycles. The summed E-state index contributed by atoms with van der Waals surface area (Å²) in [6.07, 6.45) is 3.37. The molecular weight excluding hydrogens is 324 g/mol. The lowest BCUT2D eigenvalue weighted by atomic mass is 10.1. The lowest BCUT2D eigenvalue weighted by molar-refractivity contribution is -0.0441. The lowest BCUT2D eigenvalue weighted by Crippen LogP contribution is -1.97. The monoisotopic (exact) mass is 342 g/mol. The van der Waals surface area contributed by atoms with E-state index in [1.54, 1.807) is 6.20 Å². The highest BCUT2D eigenvalue weighted by Crippen LogP contribution is 2.23. The van der Waals surface area contributed by atoms with E-state index >= 15 is 0 Å². The molecule has 0 bridgehead atoms. The van der Waals surface area contributed by atoms with E-state index < -0.39 is 0 Å². The van der Waals surface area contributed by atoms with Crippen LogP contribution in [0.4, 0.5) is 0 Å². The van der Waals surface area contributed by atoms with Crippen LogP contribution in [-0.4, -0.2) is 23.2 Å². The Bertz CT molecular complexity index is 931. The first-order valence-corrected chi connectivity index (χ1v) is 8.52. The smallest absolute Gasteiger partial charge is 0.184 e. The topological polar surface area (TPSA) is 44.2 Å². The van der Waals surface area contributed by atoms with Gasteiger partial charge in [-0.25, -0.2) is 0 Å². The van der Waals surface area contributed by atoms with E-state index in [0.29, 0.717) is 13.2 Å². The van der Waals surface area contributed by atoms with Gasteiger partial charge in [0.25, 0.3) is 0 Å². The minimum absolute atomic E-state index is 0.246. The fourth-order valence-corrected chi connectivity index (χ4v) is 2.66. The van der Waals surface area contributed by atoms with Crippen molar-refractivity contribution in [3.8, 4) is 23.2 Å². The molecule has 0 atom stereocenters. The molecule has 1 fully saturated rings. The molecule has 0 radical (unpaired) electrons. The van der Waals surface area contributed by atoms with Crippen LogP contribution < -0.4 is 0 Å². The van der Waals surface area contributed by atoms with E-state index in [9.17, 15) is 0 Å². The van der Waals surface area contributed by atoms with Crippen LogP contribution >= 0.6 is 0 Å². The number of aryl methyl sites for hydroxylation is 1. The number of aromatic nitrogens is 2. The van der Waals surface area contributed by atoms with Crippen molar-refractivity contribution >= 4 is 0 Å². The molecule has 3 heterocycles. The Morgan fingerprint density at radius 3 is 2.00 bits per heavy atom. The molecule has 4 nitrogen and oxygen atoms in total. The molecule has 26 heavy (non-hydrogen) atoms. The van der Waals surface area contributed by atoms with E-state index in [4.69, 9.17) is 9.47 Å². The van der Waals surface area contributed by atoms with Gasteiger partial charge in [0.05, 0.1) is 24.6 Å². The summed E-state index contributed by atoms with van der Waals surface area (Å²) < 4.78 is 11.0. The minimum Gasteiger partial charge on any atom is -0.346 e. The number of pyridine rings is 2. The number of hydrogen-bond acceptors (Lipinski definition) is 4. The van der Waals surface area contributed by atoms with Crippen molar-refractivity contribution in [2.45, 2.75) is 13.2 Å². The average Bonchev–Trinajstić information content (AvgIpc) is 3.23. The van der Waals surface area contributed by atoms with Crippen LogP contribution in [0.15, 0.2) is 60.9 Å². The number of nitrogens with zero attached hydrogens (tertiary/aromatic N) is 2. The van der Waals surface area contributed by atoms with Crippen LogP contribution in [0.2, 0.25) is 0 Å². The molecule has 1 aliphatic rings. The summed E-state index contributed by atoms with van der Waals surface area (Å²) in [5.41, 5.74) is 5.67. The largest absolute Gasteiger partial charge is 0.346 e. The molecule has 0 unspecified atom stereocenters. The second-order valence-corrected chi connectivity index (χ2v) is 6.10. The van der Waals surface area contributed by atoms with Crippen molar-refractivity contribution < 1.29 is 9.47 Å². The molecule has 1 saturated heterocycles. The molecule has 3 aromatic rings. The molecule has 4 heteroatoms. The molecule has 0 amide bonds. The summed E-state index contributed by atoms with van der Waals surface area (Å²) in [6, 6.07) is 15.8. The highest BCUT2D eigenvalue weighted by atomic mass is 16.7. The van der Waals surface area contributed by atoms with Gasteiger partial charge in [-0.15, -0.1) is 0 Å². The fraction of sp³-hybridized carbons (Fsp3) is 0.182. The third-order valence-electron chi connectivity index (χ3n) is 4.09. The molecule has 1 aromatic carbocycles. The number of ether oxygens (including phenoxy) is 2. The van der Waals surface area contributed by atoms with Crippen LogP contribution in [0.25, 0.3) is 11.4 Å². The Balaban J connectivity index is 1.46. The maximum atomic E-state index is 5.49. The van der Waals surface area contributed by atoms with Crippen molar-refractivity contribution in [2.24, 2.45) is 0 Å². The SMILES string of the molecule is Cc1ccc(-c2ccc(C#Cc3ccc(C4OCCO4)cc3)cn2)nc1. The van der Waals surface area contributed by atoms with Gasteiger partial charge in [-0.1, -0.05) is 30.0 Å². The summed E-state index contributed by atoms with van der Waals surface area (Å²) >= 11 is 0. The van der Waals surface area contributed by atoms with Gasteiger partial charge in [0, 0.05) is 29.1 Å². The zero-order valence-electron chi connectivity index (χ0n) is 14.5. The molecule has 0 spiro atoms. The molecule has 2 aromatic heterocycles. The Morgan fingerprint density at radius 1 is 0.769 bits per heavy atom. The van der Waals surface area contributed by atoms with Gasteiger partial charge in [-0.3, -0.25) is 9.97 Å². The van der Waals surface area contributed by atoms with E-state index in [-0.39, 0.29) is 6.29 Å². The van der Waals surface area contributed by atoms with Gasteiger partial charge < -0.3 is 9.47 Å². The van der Waals surface area contributed by atoms with Gasteiger partial charge in [0.2, 0.25) is 0 Å². The maximum absolute atomic E-state index is 5.49. The lowest BCUT2D eigenvalue weighted by Gasteiger charge is -2.08. The van der Waals surface area contributed by atoms with Crippen molar-refractivity contribution in [1.82, 2.24) is 9.97 Å². The average molecular weight is 342 g/mol. The van der Waals surface area contributed by atoms with Gasteiger partial charge in [-0.05, 0) is 42.8 Å². The third kappa shape index (κ3) is 3.80. The molecule has 0 saturated carbocycles. The van der Waals surface area contributed by atoms with Gasteiger partial charge in [0.1, 0.15) is 0 Å². The van der Waals surface area contributed by atoms with Crippen LogP contribution in [-0.2, 0) is 9.47 Å². The fourth-order valence-electron chi connectivity index (χ4n) is 2.66. The second kappa shape index (κ2) is 7.49. The Hall–Kier alpha value is -3.00. The second-order valence-electron chi connectivity index (χ2n) is 6.10. The van der Waals surface area contributed by atoms with Gasteiger partial charge in [-0.2, -0.15) is 0 Å². The standard InChI is InChI=1S/C22H18N2O2/c1-16-2-10-20(23-14-16)21-11-7-18(15-24-21)4-3-17-5-8-19(9-6-17)22-25-12-13-26-22/h2,5-11,14-15,22H,12-13H2,1H3. The van der Waals surface area contributed by atoms with Crippen molar-refractivity contribution in [3.63, 3.8) is 0 Å². The number of rotatable bonds is 2. The van der Waals surface area contributed by atoms with Crippen LogP contribution in [0.1, 0.15) is 28.5 Å². The Labute approximate surface area is 152 Å². The summed E-state index contributed by atoms with van der Waals surface area (Å²) in [6.45, 7) is 3.31. The first-order valence-electron chi connectivity index (χ1n) is 8.52. The van der Waals surface area contributed by atoms with Gasteiger partial charge in [0.15, 0.2) is 6.29 Å². The quantitative estimate of drug-likeness (QED) is 0.663. The summed E-state index contributed by atoms with van der Waals surface area (Å²) in [5.74, 6) is 6.30. The minimum atomic E-state index is -0.246.